The first kappa shape index (κ1) is 15.3. The van der Waals surface area contributed by atoms with Gasteiger partial charge >= 0.3 is 6.09 Å². The van der Waals surface area contributed by atoms with Crippen molar-refractivity contribution in [1.29, 1.82) is 0 Å². The van der Waals surface area contributed by atoms with Crippen LogP contribution in [0.25, 0.3) is 0 Å². The Balaban J connectivity index is 1.67. The van der Waals surface area contributed by atoms with Gasteiger partial charge in [-0.2, -0.15) is 5.10 Å². The van der Waals surface area contributed by atoms with Crippen LogP contribution >= 0.6 is 0 Å². The molecular formula is C16H26N4O2. The van der Waals surface area contributed by atoms with Crippen LogP contribution in [0.3, 0.4) is 0 Å². The molecule has 0 bridgehead atoms. The van der Waals surface area contributed by atoms with Gasteiger partial charge in [-0.15, -0.1) is 0 Å². The largest absolute Gasteiger partial charge is 0.444 e. The predicted molar refractivity (Wildman–Crippen MR) is 83.5 cm³/mol. The molecule has 6 heteroatoms. The lowest BCUT2D eigenvalue weighted by Gasteiger charge is -2.47. The fourth-order valence-corrected chi connectivity index (χ4v) is 3.42. The van der Waals surface area contributed by atoms with E-state index in [-0.39, 0.29) is 11.5 Å². The third kappa shape index (κ3) is 2.72. The highest BCUT2D eigenvalue weighted by Crippen LogP contribution is 2.47. The molecular weight excluding hydrogens is 280 g/mol. The third-order valence-corrected chi connectivity index (χ3v) is 4.62. The van der Waals surface area contributed by atoms with E-state index >= 15 is 0 Å². The molecule has 0 aliphatic carbocycles. The Hall–Kier alpha value is -1.56. The number of carbonyl (C=O) groups is 1. The molecule has 1 aromatic rings. The lowest BCUT2D eigenvalue weighted by Crippen LogP contribution is -2.57. The van der Waals surface area contributed by atoms with Gasteiger partial charge in [-0.3, -0.25) is 4.68 Å². The minimum atomic E-state index is -0.438. The minimum absolute atomic E-state index is 0.137. The van der Waals surface area contributed by atoms with Gasteiger partial charge in [0, 0.05) is 49.4 Å². The smallest absolute Gasteiger partial charge is 0.410 e. The lowest BCUT2D eigenvalue weighted by molar-refractivity contribution is 0.0216. The molecule has 2 fully saturated rings. The Morgan fingerprint density at radius 1 is 1.55 bits per heavy atom. The van der Waals surface area contributed by atoms with Crippen molar-refractivity contribution in [3.63, 3.8) is 0 Å². The monoisotopic (exact) mass is 306 g/mol. The number of carbonyl (C=O) groups excluding carboxylic acids is 1. The second-order valence-corrected chi connectivity index (χ2v) is 7.46. The first-order chi connectivity index (χ1) is 10.3. The molecule has 2 aliphatic rings. The number of hydrogen-bond donors (Lipinski definition) is 1. The molecule has 0 aromatic carbocycles. The molecule has 3 rings (SSSR count). The summed E-state index contributed by atoms with van der Waals surface area (Å²) in [7, 11) is 0. The van der Waals surface area contributed by atoms with Gasteiger partial charge in [-0.05, 0) is 34.1 Å². The first-order valence-electron chi connectivity index (χ1n) is 8.07. The van der Waals surface area contributed by atoms with E-state index in [0.717, 1.165) is 32.6 Å². The number of ether oxygens (including phenoxy) is 1. The molecule has 122 valence electrons. The van der Waals surface area contributed by atoms with Crippen molar-refractivity contribution in [2.45, 2.75) is 52.3 Å². The van der Waals surface area contributed by atoms with Crippen LogP contribution in [-0.4, -0.2) is 46.0 Å². The second-order valence-electron chi connectivity index (χ2n) is 7.46. The number of aryl methyl sites for hydroxylation is 1. The van der Waals surface area contributed by atoms with Crippen LogP contribution in [0.15, 0.2) is 12.4 Å². The van der Waals surface area contributed by atoms with Crippen molar-refractivity contribution in [2.24, 2.45) is 5.41 Å². The standard InChI is InChI=1S/C16H26N4O2/c1-5-20-9-12(8-18-20)13-16(10-17-13)6-7-19(11-16)14(21)22-15(2,3)4/h8-9,13,17H,5-7,10-11H2,1-4H3/t13-,16-/m1/s1. The molecule has 22 heavy (non-hydrogen) atoms. The van der Waals surface area contributed by atoms with Crippen molar-refractivity contribution in [3.8, 4) is 0 Å². The molecule has 1 amide bonds. The zero-order chi connectivity index (χ0) is 16.0. The van der Waals surface area contributed by atoms with Crippen LogP contribution in [-0.2, 0) is 11.3 Å². The molecule has 1 N–H and O–H groups in total. The van der Waals surface area contributed by atoms with Crippen LogP contribution in [0.2, 0.25) is 0 Å². The van der Waals surface area contributed by atoms with Crippen LogP contribution in [0.1, 0.15) is 45.7 Å². The highest BCUT2D eigenvalue weighted by molar-refractivity contribution is 5.68. The van der Waals surface area contributed by atoms with E-state index in [4.69, 9.17) is 4.74 Å². The number of nitrogens with one attached hydrogen (secondary N) is 1. The minimum Gasteiger partial charge on any atom is -0.444 e. The van der Waals surface area contributed by atoms with E-state index < -0.39 is 5.60 Å². The zero-order valence-corrected chi connectivity index (χ0v) is 13.9. The number of rotatable bonds is 2. The fraction of sp³-hybridized carbons (Fsp3) is 0.750. The van der Waals surface area contributed by atoms with Gasteiger partial charge in [0.05, 0.1) is 6.20 Å². The highest BCUT2D eigenvalue weighted by atomic mass is 16.6. The summed E-state index contributed by atoms with van der Waals surface area (Å²) in [5, 5.41) is 7.87. The van der Waals surface area contributed by atoms with E-state index in [0.29, 0.717) is 6.04 Å². The Bertz CT molecular complexity index is 563. The van der Waals surface area contributed by atoms with E-state index in [2.05, 4.69) is 23.5 Å². The average molecular weight is 306 g/mol. The van der Waals surface area contributed by atoms with Gasteiger partial charge in [0.1, 0.15) is 5.60 Å². The van der Waals surface area contributed by atoms with Crippen LogP contribution in [0.4, 0.5) is 4.79 Å². The van der Waals surface area contributed by atoms with Crippen LogP contribution in [0, 0.1) is 5.41 Å². The van der Waals surface area contributed by atoms with E-state index in [1.54, 1.807) is 0 Å². The quantitative estimate of drug-likeness (QED) is 0.910. The maximum absolute atomic E-state index is 12.2. The van der Waals surface area contributed by atoms with Crippen molar-refractivity contribution >= 4 is 6.09 Å². The van der Waals surface area contributed by atoms with Crippen molar-refractivity contribution < 1.29 is 9.53 Å². The second kappa shape index (κ2) is 5.26. The average Bonchev–Trinajstić information content (AvgIpc) is 3.03. The Morgan fingerprint density at radius 2 is 2.32 bits per heavy atom. The Labute approximate surface area is 131 Å². The fourth-order valence-electron chi connectivity index (χ4n) is 3.42. The van der Waals surface area contributed by atoms with Gasteiger partial charge in [0.15, 0.2) is 0 Å². The molecule has 6 nitrogen and oxygen atoms in total. The van der Waals surface area contributed by atoms with Crippen LogP contribution < -0.4 is 5.32 Å². The molecule has 0 unspecified atom stereocenters. The SMILES string of the molecule is CCn1cc([C@H]2NC[C@@]23CCN(C(=O)OC(C)(C)C)C3)cn1. The van der Waals surface area contributed by atoms with Gasteiger partial charge in [-0.25, -0.2) is 4.79 Å². The van der Waals surface area contributed by atoms with E-state index in [9.17, 15) is 4.79 Å². The summed E-state index contributed by atoms with van der Waals surface area (Å²) in [6.07, 6.45) is 4.87. The maximum Gasteiger partial charge on any atom is 0.410 e. The lowest BCUT2D eigenvalue weighted by atomic mass is 9.70. The number of aromatic nitrogens is 2. The van der Waals surface area contributed by atoms with Crippen LogP contribution in [0.5, 0.6) is 0 Å². The summed E-state index contributed by atoms with van der Waals surface area (Å²) in [4.78, 5) is 14.1. The summed E-state index contributed by atoms with van der Waals surface area (Å²) in [5.41, 5.74) is 0.921. The maximum atomic E-state index is 12.2. The summed E-state index contributed by atoms with van der Waals surface area (Å²) in [6.45, 7) is 11.2. The summed E-state index contributed by atoms with van der Waals surface area (Å²) in [5.74, 6) is 0. The first-order valence-corrected chi connectivity index (χ1v) is 8.07. The summed E-state index contributed by atoms with van der Waals surface area (Å²) in [6, 6.07) is 0.292. The Morgan fingerprint density at radius 3 is 2.86 bits per heavy atom. The van der Waals surface area contributed by atoms with Crippen molar-refractivity contribution in [1.82, 2.24) is 20.0 Å². The van der Waals surface area contributed by atoms with Crippen molar-refractivity contribution in [2.75, 3.05) is 19.6 Å². The van der Waals surface area contributed by atoms with Gasteiger partial charge < -0.3 is 15.0 Å². The highest BCUT2D eigenvalue weighted by Gasteiger charge is 2.53. The molecule has 1 spiro atoms. The molecule has 0 saturated carbocycles. The number of amides is 1. The topological polar surface area (TPSA) is 59.4 Å². The molecule has 2 atom stereocenters. The molecule has 1 aromatic heterocycles. The number of likely N-dealkylation sites (tertiary alicyclic amines) is 1. The Kier molecular flexibility index (Phi) is 3.67. The van der Waals surface area contributed by atoms with E-state index in [1.807, 2.05) is 36.5 Å². The number of nitrogens with zero attached hydrogens (tertiary/aromatic N) is 3. The predicted octanol–water partition coefficient (Wildman–Crippen LogP) is 2.17. The molecule has 2 saturated heterocycles. The van der Waals surface area contributed by atoms with Gasteiger partial charge in [0.25, 0.3) is 0 Å². The zero-order valence-electron chi connectivity index (χ0n) is 13.9. The van der Waals surface area contributed by atoms with Gasteiger partial charge in [0.2, 0.25) is 0 Å². The summed E-state index contributed by atoms with van der Waals surface area (Å²) >= 11 is 0. The third-order valence-electron chi connectivity index (χ3n) is 4.62. The number of hydrogen-bond acceptors (Lipinski definition) is 4. The molecule has 2 aliphatic heterocycles. The van der Waals surface area contributed by atoms with E-state index in [1.165, 1.54) is 5.56 Å². The summed E-state index contributed by atoms with van der Waals surface area (Å²) < 4.78 is 7.44. The normalized spacial score (nSPS) is 28.0. The molecule has 0 radical (unpaired) electrons. The van der Waals surface area contributed by atoms with Crippen molar-refractivity contribution in [3.05, 3.63) is 18.0 Å². The molecule has 3 heterocycles. The van der Waals surface area contributed by atoms with Gasteiger partial charge in [-0.1, -0.05) is 0 Å².